The van der Waals surface area contributed by atoms with Gasteiger partial charge in [0.1, 0.15) is 0 Å². The van der Waals surface area contributed by atoms with Crippen LogP contribution in [-0.2, 0) is 0 Å². The number of nitrogens with one attached hydrogen (secondary N) is 1. The molecule has 19 heavy (non-hydrogen) atoms. The molecule has 0 amide bonds. The first kappa shape index (κ1) is 13.1. The lowest BCUT2D eigenvalue weighted by molar-refractivity contribution is 0.139. The molecule has 2 saturated carbocycles. The van der Waals surface area contributed by atoms with Crippen LogP contribution in [0, 0.1) is 11.8 Å². The standard InChI is InChI=1S/C17H26N2/c1-13(16-7-4-10-18-12-16)19-17-9-8-14-5-2-3-6-15(14)11-17/h4,7,10,12-15,17,19H,2-3,5-6,8-9,11H2,1H3. The molecule has 2 heteroatoms. The molecular weight excluding hydrogens is 232 g/mol. The molecule has 0 bridgehead atoms. The Hall–Kier alpha value is -0.890. The third-order valence-corrected chi connectivity index (χ3v) is 5.21. The Morgan fingerprint density at radius 3 is 2.79 bits per heavy atom. The summed E-state index contributed by atoms with van der Waals surface area (Å²) in [6.45, 7) is 2.27. The van der Waals surface area contributed by atoms with Gasteiger partial charge in [0.15, 0.2) is 0 Å². The van der Waals surface area contributed by atoms with E-state index in [1.54, 1.807) is 0 Å². The van der Waals surface area contributed by atoms with E-state index in [0.717, 1.165) is 17.9 Å². The molecule has 0 saturated heterocycles. The van der Waals surface area contributed by atoms with Crippen LogP contribution >= 0.6 is 0 Å². The summed E-state index contributed by atoms with van der Waals surface area (Å²) in [5.74, 6) is 2.04. The Balaban J connectivity index is 1.56. The molecule has 0 radical (unpaired) electrons. The molecule has 0 spiro atoms. The molecule has 2 fully saturated rings. The smallest absolute Gasteiger partial charge is 0.0315 e. The molecule has 2 nitrogen and oxygen atoms in total. The van der Waals surface area contributed by atoms with E-state index in [1.165, 1.54) is 50.5 Å². The SMILES string of the molecule is CC(NC1CCC2CCCCC2C1)c1cccnc1. The highest BCUT2D eigenvalue weighted by molar-refractivity contribution is 5.13. The van der Waals surface area contributed by atoms with Crippen molar-refractivity contribution >= 4 is 0 Å². The fourth-order valence-corrected chi connectivity index (χ4v) is 4.11. The van der Waals surface area contributed by atoms with Gasteiger partial charge in [-0.05, 0) is 49.7 Å². The Kier molecular flexibility index (Phi) is 4.17. The summed E-state index contributed by atoms with van der Waals surface area (Å²) < 4.78 is 0. The zero-order valence-electron chi connectivity index (χ0n) is 12.0. The van der Waals surface area contributed by atoms with Crippen molar-refractivity contribution in [2.45, 2.75) is 64.0 Å². The molecule has 4 atom stereocenters. The van der Waals surface area contributed by atoms with Gasteiger partial charge in [-0.15, -0.1) is 0 Å². The molecule has 2 aliphatic rings. The van der Waals surface area contributed by atoms with E-state index in [4.69, 9.17) is 0 Å². The van der Waals surface area contributed by atoms with Gasteiger partial charge < -0.3 is 5.32 Å². The molecule has 3 rings (SSSR count). The topological polar surface area (TPSA) is 24.9 Å². The fraction of sp³-hybridized carbons (Fsp3) is 0.706. The van der Waals surface area contributed by atoms with Crippen molar-refractivity contribution in [2.24, 2.45) is 11.8 Å². The number of nitrogens with zero attached hydrogens (tertiary/aromatic N) is 1. The van der Waals surface area contributed by atoms with E-state index in [0.29, 0.717) is 6.04 Å². The van der Waals surface area contributed by atoms with Crippen LogP contribution in [0.4, 0.5) is 0 Å². The van der Waals surface area contributed by atoms with Crippen LogP contribution in [0.1, 0.15) is 63.5 Å². The van der Waals surface area contributed by atoms with Crippen LogP contribution in [0.2, 0.25) is 0 Å². The maximum atomic E-state index is 4.22. The average Bonchev–Trinajstić information content (AvgIpc) is 2.48. The number of hydrogen-bond acceptors (Lipinski definition) is 2. The summed E-state index contributed by atoms with van der Waals surface area (Å²) in [6, 6.07) is 5.36. The summed E-state index contributed by atoms with van der Waals surface area (Å²) in [5.41, 5.74) is 1.31. The summed E-state index contributed by atoms with van der Waals surface area (Å²) in [5, 5.41) is 3.83. The molecule has 1 aromatic heterocycles. The van der Waals surface area contributed by atoms with E-state index in [1.807, 2.05) is 18.5 Å². The normalized spacial score (nSPS) is 32.6. The Morgan fingerprint density at radius 1 is 1.16 bits per heavy atom. The maximum Gasteiger partial charge on any atom is 0.0315 e. The molecule has 104 valence electrons. The quantitative estimate of drug-likeness (QED) is 0.883. The van der Waals surface area contributed by atoms with Crippen molar-refractivity contribution in [3.63, 3.8) is 0 Å². The van der Waals surface area contributed by atoms with Gasteiger partial charge in [-0.25, -0.2) is 0 Å². The Labute approximate surface area is 117 Å². The molecule has 4 unspecified atom stereocenters. The number of rotatable bonds is 3. The lowest BCUT2D eigenvalue weighted by Gasteiger charge is -2.40. The van der Waals surface area contributed by atoms with Gasteiger partial charge >= 0.3 is 0 Å². The Bertz CT molecular complexity index is 390. The fourth-order valence-electron chi connectivity index (χ4n) is 4.11. The van der Waals surface area contributed by atoms with Crippen molar-refractivity contribution in [3.8, 4) is 0 Å². The minimum absolute atomic E-state index is 0.429. The second-order valence-corrected chi connectivity index (χ2v) is 6.49. The first-order valence-corrected chi connectivity index (χ1v) is 7.99. The zero-order chi connectivity index (χ0) is 13.1. The number of hydrogen-bond donors (Lipinski definition) is 1. The summed E-state index contributed by atoms with van der Waals surface area (Å²) >= 11 is 0. The molecular formula is C17H26N2. The second kappa shape index (κ2) is 6.04. The number of fused-ring (bicyclic) bond motifs is 1. The van der Waals surface area contributed by atoms with Crippen LogP contribution in [0.5, 0.6) is 0 Å². The van der Waals surface area contributed by atoms with Crippen LogP contribution in [0.25, 0.3) is 0 Å². The van der Waals surface area contributed by atoms with Crippen molar-refractivity contribution in [3.05, 3.63) is 30.1 Å². The maximum absolute atomic E-state index is 4.22. The Morgan fingerprint density at radius 2 is 2.00 bits per heavy atom. The average molecular weight is 258 g/mol. The van der Waals surface area contributed by atoms with Crippen molar-refractivity contribution in [1.29, 1.82) is 0 Å². The van der Waals surface area contributed by atoms with Gasteiger partial charge in [-0.3, -0.25) is 4.98 Å². The second-order valence-electron chi connectivity index (χ2n) is 6.49. The molecule has 0 aromatic carbocycles. The van der Waals surface area contributed by atoms with Crippen molar-refractivity contribution < 1.29 is 0 Å². The highest BCUT2D eigenvalue weighted by atomic mass is 14.9. The van der Waals surface area contributed by atoms with Crippen LogP contribution in [-0.4, -0.2) is 11.0 Å². The molecule has 1 aromatic rings. The van der Waals surface area contributed by atoms with Crippen molar-refractivity contribution in [1.82, 2.24) is 10.3 Å². The lowest BCUT2D eigenvalue weighted by atomic mass is 9.69. The summed E-state index contributed by atoms with van der Waals surface area (Å²) in [7, 11) is 0. The third-order valence-electron chi connectivity index (χ3n) is 5.21. The highest BCUT2D eigenvalue weighted by Gasteiger charge is 2.32. The molecule has 2 aliphatic carbocycles. The van der Waals surface area contributed by atoms with Crippen LogP contribution < -0.4 is 5.32 Å². The zero-order valence-corrected chi connectivity index (χ0v) is 12.0. The lowest BCUT2D eigenvalue weighted by Crippen LogP contribution is -2.39. The predicted octanol–water partition coefficient (Wildman–Crippen LogP) is 4.09. The number of aromatic nitrogens is 1. The van der Waals surface area contributed by atoms with Gasteiger partial charge in [0.2, 0.25) is 0 Å². The molecule has 1 heterocycles. The van der Waals surface area contributed by atoms with Gasteiger partial charge in [0, 0.05) is 24.5 Å². The van der Waals surface area contributed by atoms with E-state index >= 15 is 0 Å². The molecule has 1 N–H and O–H groups in total. The predicted molar refractivity (Wildman–Crippen MR) is 78.9 cm³/mol. The van der Waals surface area contributed by atoms with Gasteiger partial charge in [-0.1, -0.05) is 31.7 Å². The van der Waals surface area contributed by atoms with Gasteiger partial charge in [-0.2, -0.15) is 0 Å². The minimum atomic E-state index is 0.429. The monoisotopic (exact) mass is 258 g/mol. The largest absolute Gasteiger partial charge is 0.307 e. The first-order chi connectivity index (χ1) is 9.33. The van der Waals surface area contributed by atoms with E-state index in [-0.39, 0.29) is 0 Å². The van der Waals surface area contributed by atoms with Gasteiger partial charge in [0.25, 0.3) is 0 Å². The summed E-state index contributed by atoms with van der Waals surface area (Å²) in [4.78, 5) is 4.22. The minimum Gasteiger partial charge on any atom is -0.307 e. The third kappa shape index (κ3) is 3.17. The van der Waals surface area contributed by atoms with Crippen LogP contribution in [0.15, 0.2) is 24.5 Å². The molecule has 0 aliphatic heterocycles. The highest BCUT2D eigenvalue weighted by Crippen LogP contribution is 2.40. The van der Waals surface area contributed by atoms with Crippen LogP contribution in [0.3, 0.4) is 0 Å². The number of pyridine rings is 1. The van der Waals surface area contributed by atoms with Crippen molar-refractivity contribution in [2.75, 3.05) is 0 Å². The summed E-state index contributed by atoms with van der Waals surface area (Å²) in [6.07, 6.45) is 14.0. The van der Waals surface area contributed by atoms with E-state index < -0.39 is 0 Å². The van der Waals surface area contributed by atoms with E-state index in [9.17, 15) is 0 Å². The first-order valence-electron chi connectivity index (χ1n) is 7.99. The van der Waals surface area contributed by atoms with E-state index in [2.05, 4.69) is 23.3 Å². The van der Waals surface area contributed by atoms with Gasteiger partial charge in [0.05, 0.1) is 0 Å².